The molecule has 1 fully saturated rings. The van der Waals surface area contributed by atoms with E-state index in [0.29, 0.717) is 11.2 Å². The molecule has 3 atom stereocenters. The predicted octanol–water partition coefficient (Wildman–Crippen LogP) is 2.43. The Kier molecular flexibility index (Phi) is 3.44. The topological polar surface area (TPSA) is 26.3 Å². The molecule has 2 nitrogen and oxygen atoms in total. The fraction of sp³-hybridized carbons (Fsp3) is 0.889. The summed E-state index contributed by atoms with van der Waals surface area (Å²) in [7, 11) is 0. The summed E-state index contributed by atoms with van der Waals surface area (Å²) in [5.41, 5.74) is 0.113. The van der Waals surface area contributed by atoms with Gasteiger partial charge in [0.1, 0.15) is 5.44 Å². The van der Waals surface area contributed by atoms with Crippen molar-refractivity contribution >= 4 is 17.7 Å². The van der Waals surface area contributed by atoms with Crippen molar-refractivity contribution in [2.75, 3.05) is 0 Å². The van der Waals surface area contributed by atoms with Crippen molar-refractivity contribution in [3.05, 3.63) is 0 Å². The third kappa shape index (κ3) is 2.41. The highest BCUT2D eigenvalue weighted by atomic mass is 32.2. The summed E-state index contributed by atoms with van der Waals surface area (Å²) in [6.07, 6.45) is 2.19. The lowest BCUT2D eigenvalue weighted by molar-refractivity contribution is -0.142. The maximum atomic E-state index is 10.7. The molecule has 1 aliphatic heterocycles. The number of carbonyl (C=O) groups excluding carboxylic acids is 1. The van der Waals surface area contributed by atoms with Crippen LogP contribution in [0.25, 0.3) is 0 Å². The fourth-order valence-corrected chi connectivity index (χ4v) is 3.17. The van der Waals surface area contributed by atoms with Crippen LogP contribution >= 0.6 is 11.8 Å². The van der Waals surface area contributed by atoms with Gasteiger partial charge < -0.3 is 4.74 Å². The normalized spacial score (nSPS) is 35.1. The van der Waals surface area contributed by atoms with Crippen LogP contribution in [0.15, 0.2) is 0 Å². The summed E-state index contributed by atoms with van der Waals surface area (Å²) in [5, 5.41) is 0.675. The molecule has 1 saturated heterocycles. The lowest BCUT2D eigenvalue weighted by Crippen LogP contribution is -2.09. The van der Waals surface area contributed by atoms with E-state index in [1.807, 2.05) is 0 Å². The van der Waals surface area contributed by atoms with Crippen LogP contribution in [0.3, 0.4) is 0 Å². The van der Waals surface area contributed by atoms with Gasteiger partial charge in [-0.15, -0.1) is 11.8 Å². The minimum Gasteiger partial charge on any atom is -0.451 e. The molecule has 0 spiro atoms. The summed E-state index contributed by atoms with van der Waals surface area (Å²) in [6, 6.07) is 0. The molecular formula is C9H16O2S. The van der Waals surface area contributed by atoms with Gasteiger partial charge in [-0.1, -0.05) is 13.8 Å². The number of hydrogen-bond donors (Lipinski definition) is 0. The Bertz CT molecular complexity index is 170. The van der Waals surface area contributed by atoms with Crippen molar-refractivity contribution in [3.63, 3.8) is 0 Å². The van der Waals surface area contributed by atoms with Crippen LogP contribution in [0.2, 0.25) is 0 Å². The monoisotopic (exact) mass is 188 g/mol. The van der Waals surface area contributed by atoms with Crippen molar-refractivity contribution in [2.24, 2.45) is 5.92 Å². The van der Waals surface area contributed by atoms with Crippen molar-refractivity contribution in [2.45, 2.75) is 44.3 Å². The molecule has 1 aliphatic rings. The van der Waals surface area contributed by atoms with Crippen molar-refractivity contribution in [1.29, 1.82) is 0 Å². The van der Waals surface area contributed by atoms with Gasteiger partial charge in [0.25, 0.3) is 0 Å². The van der Waals surface area contributed by atoms with E-state index in [0.717, 1.165) is 6.42 Å². The molecule has 0 radical (unpaired) electrons. The first kappa shape index (κ1) is 9.90. The highest BCUT2D eigenvalue weighted by Crippen LogP contribution is 2.40. The van der Waals surface area contributed by atoms with Crippen LogP contribution in [0.5, 0.6) is 0 Å². The van der Waals surface area contributed by atoms with Gasteiger partial charge in [-0.05, 0) is 18.8 Å². The molecule has 0 N–H and O–H groups in total. The standard InChI is InChI=1S/C9H16O2S/c1-4-8-6(2)5-9(12-8)11-7(3)10/h6,8-9H,4-5H2,1-3H3/t6-,8+,9+/m0/s1. The van der Waals surface area contributed by atoms with Gasteiger partial charge in [0.15, 0.2) is 0 Å². The Morgan fingerprint density at radius 2 is 2.33 bits per heavy atom. The first-order chi connectivity index (χ1) is 5.63. The minimum absolute atomic E-state index is 0.113. The minimum atomic E-state index is -0.156. The van der Waals surface area contributed by atoms with E-state index in [-0.39, 0.29) is 11.4 Å². The van der Waals surface area contributed by atoms with Crippen LogP contribution in [0, 0.1) is 5.92 Å². The van der Waals surface area contributed by atoms with Crippen LogP contribution < -0.4 is 0 Å². The summed E-state index contributed by atoms with van der Waals surface area (Å²) in [4.78, 5) is 10.7. The quantitative estimate of drug-likeness (QED) is 0.622. The van der Waals surface area contributed by atoms with Crippen molar-refractivity contribution in [1.82, 2.24) is 0 Å². The molecule has 70 valence electrons. The molecule has 0 saturated carbocycles. The van der Waals surface area contributed by atoms with E-state index < -0.39 is 0 Å². The number of hydrogen-bond acceptors (Lipinski definition) is 3. The van der Waals surface area contributed by atoms with Crippen molar-refractivity contribution < 1.29 is 9.53 Å². The Balaban J connectivity index is 2.37. The first-order valence-electron chi connectivity index (χ1n) is 4.46. The van der Waals surface area contributed by atoms with Crippen molar-refractivity contribution in [3.8, 4) is 0 Å². The number of esters is 1. The SMILES string of the molecule is CC[C@H]1S[C@@H](OC(C)=O)C[C@@H]1C. The molecule has 1 heterocycles. The molecule has 0 aromatic carbocycles. The van der Waals surface area contributed by atoms with Gasteiger partial charge in [-0.2, -0.15) is 0 Å². The maximum absolute atomic E-state index is 10.7. The first-order valence-corrected chi connectivity index (χ1v) is 5.40. The van der Waals surface area contributed by atoms with Gasteiger partial charge >= 0.3 is 5.97 Å². The van der Waals surface area contributed by atoms with E-state index in [4.69, 9.17) is 4.74 Å². The second-order valence-corrected chi connectivity index (χ2v) is 4.74. The largest absolute Gasteiger partial charge is 0.451 e. The Hall–Kier alpha value is -0.180. The second kappa shape index (κ2) is 4.17. The predicted molar refractivity (Wildman–Crippen MR) is 51.0 cm³/mol. The lowest BCUT2D eigenvalue weighted by atomic mass is 10.0. The second-order valence-electron chi connectivity index (χ2n) is 3.33. The summed E-state index contributed by atoms with van der Waals surface area (Å²) >= 11 is 1.80. The van der Waals surface area contributed by atoms with Crippen LogP contribution in [-0.4, -0.2) is 16.7 Å². The molecular weight excluding hydrogens is 172 g/mol. The number of thioether (sulfide) groups is 1. The van der Waals surface area contributed by atoms with Gasteiger partial charge in [-0.25, -0.2) is 0 Å². The number of rotatable bonds is 2. The smallest absolute Gasteiger partial charge is 0.303 e. The van der Waals surface area contributed by atoms with Gasteiger partial charge in [0.05, 0.1) is 0 Å². The highest BCUT2D eigenvalue weighted by molar-refractivity contribution is 8.00. The molecule has 1 rings (SSSR count). The number of ether oxygens (including phenoxy) is 1. The Morgan fingerprint density at radius 3 is 2.75 bits per heavy atom. The van der Waals surface area contributed by atoms with Gasteiger partial charge in [0.2, 0.25) is 0 Å². The Labute approximate surface area is 78.1 Å². The lowest BCUT2D eigenvalue weighted by Gasteiger charge is -2.10. The van der Waals surface area contributed by atoms with Crippen LogP contribution in [0.1, 0.15) is 33.6 Å². The molecule has 0 aromatic rings. The molecule has 3 heteroatoms. The maximum Gasteiger partial charge on any atom is 0.303 e. The zero-order valence-electron chi connectivity index (χ0n) is 7.87. The fourth-order valence-electron chi connectivity index (χ4n) is 1.60. The van der Waals surface area contributed by atoms with E-state index in [2.05, 4.69) is 13.8 Å². The van der Waals surface area contributed by atoms with Gasteiger partial charge in [-0.3, -0.25) is 4.79 Å². The molecule has 0 unspecified atom stereocenters. The van der Waals surface area contributed by atoms with E-state index in [1.165, 1.54) is 13.3 Å². The third-order valence-corrected chi connectivity index (χ3v) is 3.97. The van der Waals surface area contributed by atoms with Crippen LogP contribution in [0.4, 0.5) is 0 Å². The highest BCUT2D eigenvalue weighted by Gasteiger charge is 2.32. The van der Waals surface area contributed by atoms with E-state index in [1.54, 1.807) is 11.8 Å². The average Bonchev–Trinajstić information content (AvgIpc) is 2.29. The average molecular weight is 188 g/mol. The molecule has 12 heavy (non-hydrogen) atoms. The van der Waals surface area contributed by atoms with Gasteiger partial charge in [0, 0.05) is 12.2 Å². The summed E-state index contributed by atoms with van der Waals surface area (Å²) < 4.78 is 5.14. The number of carbonyl (C=O) groups is 1. The molecule has 0 amide bonds. The van der Waals surface area contributed by atoms with E-state index >= 15 is 0 Å². The molecule has 0 aliphatic carbocycles. The third-order valence-electron chi connectivity index (χ3n) is 2.23. The Morgan fingerprint density at radius 1 is 1.67 bits per heavy atom. The van der Waals surface area contributed by atoms with Crippen LogP contribution in [-0.2, 0) is 9.53 Å². The summed E-state index contributed by atoms with van der Waals surface area (Å²) in [5.74, 6) is 0.529. The zero-order valence-corrected chi connectivity index (χ0v) is 8.69. The molecule has 0 bridgehead atoms. The summed E-state index contributed by atoms with van der Waals surface area (Å²) in [6.45, 7) is 5.89. The zero-order chi connectivity index (χ0) is 9.14. The molecule has 0 aromatic heterocycles. The van der Waals surface area contributed by atoms with E-state index in [9.17, 15) is 4.79 Å².